The lowest BCUT2D eigenvalue weighted by molar-refractivity contribution is 0.102. The molecule has 0 bridgehead atoms. The summed E-state index contributed by atoms with van der Waals surface area (Å²) in [6.07, 6.45) is 3.76. The topological polar surface area (TPSA) is 54.5 Å². The molecule has 0 unspecified atom stereocenters. The Kier molecular flexibility index (Phi) is 6.81. The van der Waals surface area contributed by atoms with Gasteiger partial charge in [-0.25, -0.2) is 4.98 Å². The summed E-state index contributed by atoms with van der Waals surface area (Å²) >= 11 is 0. The van der Waals surface area contributed by atoms with Crippen molar-refractivity contribution >= 4 is 17.4 Å². The highest BCUT2D eigenvalue weighted by atomic mass is 16.5. The molecule has 2 rings (SSSR count). The van der Waals surface area contributed by atoms with Crippen molar-refractivity contribution in [3.05, 3.63) is 47.7 Å². The number of hydrogen-bond acceptors (Lipinski definition) is 4. The van der Waals surface area contributed by atoms with Gasteiger partial charge in [-0.15, -0.1) is 0 Å². The van der Waals surface area contributed by atoms with Crippen LogP contribution in [0.5, 0.6) is 5.75 Å². The van der Waals surface area contributed by atoms with E-state index in [-0.39, 0.29) is 5.91 Å². The van der Waals surface area contributed by atoms with Crippen LogP contribution in [-0.4, -0.2) is 31.1 Å². The van der Waals surface area contributed by atoms with Crippen LogP contribution < -0.4 is 15.0 Å². The Hall–Kier alpha value is -2.56. The highest BCUT2D eigenvalue weighted by Crippen LogP contribution is 2.25. The number of methoxy groups -OCH3 is 1. The van der Waals surface area contributed by atoms with E-state index in [1.807, 2.05) is 37.3 Å². The number of rotatable bonds is 8. The third kappa shape index (κ3) is 4.95. The first-order valence-electron chi connectivity index (χ1n) is 8.76. The van der Waals surface area contributed by atoms with E-state index < -0.39 is 0 Å². The highest BCUT2D eigenvalue weighted by molar-refractivity contribution is 6.05. The molecule has 1 amide bonds. The molecule has 0 aliphatic rings. The zero-order valence-electron chi connectivity index (χ0n) is 15.5. The van der Waals surface area contributed by atoms with Crippen LogP contribution >= 0.6 is 0 Å². The van der Waals surface area contributed by atoms with E-state index in [2.05, 4.69) is 29.0 Å². The number of nitrogens with zero attached hydrogens (tertiary/aromatic N) is 2. The normalized spacial score (nSPS) is 10.4. The van der Waals surface area contributed by atoms with Crippen LogP contribution in [0.25, 0.3) is 0 Å². The lowest BCUT2D eigenvalue weighted by Crippen LogP contribution is -2.26. The second-order valence-electron chi connectivity index (χ2n) is 6.05. The monoisotopic (exact) mass is 341 g/mol. The molecule has 0 saturated heterocycles. The number of hydrogen-bond donors (Lipinski definition) is 1. The summed E-state index contributed by atoms with van der Waals surface area (Å²) in [5.74, 6) is 1.36. The van der Waals surface area contributed by atoms with Gasteiger partial charge >= 0.3 is 0 Å². The molecule has 1 aromatic carbocycles. The van der Waals surface area contributed by atoms with E-state index in [4.69, 9.17) is 4.74 Å². The maximum atomic E-state index is 12.5. The summed E-state index contributed by atoms with van der Waals surface area (Å²) in [6.45, 7) is 8.21. The predicted molar refractivity (Wildman–Crippen MR) is 103 cm³/mol. The smallest absolute Gasteiger partial charge is 0.257 e. The van der Waals surface area contributed by atoms with Crippen molar-refractivity contribution in [3.8, 4) is 5.75 Å². The minimum absolute atomic E-state index is 0.194. The summed E-state index contributed by atoms with van der Waals surface area (Å²) in [7, 11) is 1.59. The van der Waals surface area contributed by atoms with Crippen molar-refractivity contribution in [2.45, 2.75) is 33.6 Å². The molecule has 1 heterocycles. The van der Waals surface area contributed by atoms with Gasteiger partial charge in [0.05, 0.1) is 18.4 Å². The Morgan fingerprint density at radius 3 is 2.44 bits per heavy atom. The maximum absolute atomic E-state index is 12.5. The Morgan fingerprint density at radius 1 is 1.16 bits per heavy atom. The Balaban J connectivity index is 2.14. The number of benzene rings is 1. The Bertz CT molecular complexity index is 693. The van der Waals surface area contributed by atoms with E-state index in [1.165, 1.54) is 0 Å². The fraction of sp³-hybridized carbons (Fsp3) is 0.400. The molecule has 1 aromatic heterocycles. The molecule has 0 aliphatic heterocycles. The largest absolute Gasteiger partial charge is 0.495 e. The minimum Gasteiger partial charge on any atom is -0.495 e. The van der Waals surface area contributed by atoms with Gasteiger partial charge in [0.2, 0.25) is 0 Å². The third-order valence-electron chi connectivity index (χ3n) is 3.92. The van der Waals surface area contributed by atoms with Crippen molar-refractivity contribution in [3.63, 3.8) is 0 Å². The summed E-state index contributed by atoms with van der Waals surface area (Å²) in [5.41, 5.74) is 2.25. The standard InChI is InChI=1S/C20H27N3O2/c1-5-11-23(12-6-2)19-10-8-16(14-21-19)20(24)22-17-13-15(3)7-9-18(17)25-4/h7-10,13-14H,5-6,11-12H2,1-4H3,(H,22,24). The SMILES string of the molecule is CCCN(CCC)c1ccc(C(=O)Nc2cc(C)ccc2OC)cn1. The first kappa shape index (κ1) is 18.8. The zero-order chi connectivity index (χ0) is 18.2. The number of pyridine rings is 1. The second-order valence-corrected chi connectivity index (χ2v) is 6.05. The lowest BCUT2D eigenvalue weighted by Gasteiger charge is -2.22. The van der Waals surface area contributed by atoms with Crippen LogP contribution in [0.1, 0.15) is 42.6 Å². The second kappa shape index (κ2) is 9.06. The minimum atomic E-state index is -0.194. The van der Waals surface area contributed by atoms with Crippen LogP contribution in [0.2, 0.25) is 0 Å². The van der Waals surface area contributed by atoms with E-state index in [0.717, 1.165) is 37.3 Å². The molecular weight excluding hydrogens is 314 g/mol. The predicted octanol–water partition coefficient (Wildman–Crippen LogP) is 4.28. The highest BCUT2D eigenvalue weighted by Gasteiger charge is 2.12. The number of nitrogens with one attached hydrogen (secondary N) is 1. The molecule has 0 aliphatic carbocycles. The molecule has 5 nitrogen and oxygen atoms in total. The van der Waals surface area contributed by atoms with Gasteiger partial charge in [-0.1, -0.05) is 19.9 Å². The molecule has 0 saturated carbocycles. The first-order chi connectivity index (χ1) is 12.1. The van der Waals surface area contributed by atoms with Gasteiger partial charge in [-0.05, 0) is 49.6 Å². The van der Waals surface area contributed by atoms with Crippen molar-refractivity contribution < 1.29 is 9.53 Å². The molecule has 134 valence electrons. The van der Waals surface area contributed by atoms with Crippen LogP contribution in [0, 0.1) is 6.92 Å². The molecule has 0 atom stereocenters. The summed E-state index contributed by atoms with van der Waals surface area (Å²) in [5, 5.41) is 2.90. The van der Waals surface area contributed by atoms with E-state index >= 15 is 0 Å². The summed E-state index contributed by atoms with van der Waals surface area (Å²) in [4.78, 5) is 19.2. The lowest BCUT2D eigenvalue weighted by atomic mass is 10.2. The van der Waals surface area contributed by atoms with Crippen LogP contribution in [0.15, 0.2) is 36.5 Å². The number of anilines is 2. The number of carbonyl (C=O) groups excluding carboxylic acids is 1. The fourth-order valence-electron chi connectivity index (χ4n) is 2.70. The van der Waals surface area contributed by atoms with Crippen molar-refractivity contribution in [2.75, 3.05) is 30.4 Å². The van der Waals surface area contributed by atoms with Gasteiger partial charge < -0.3 is 15.0 Å². The maximum Gasteiger partial charge on any atom is 0.257 e. The van der Waals surface area contributed by atoms with Crippen molar-refractivity contribution in [1.29, 1.82) is 0 Å². The molecule has 0 radical (unpaired) electrons. The van der Waals surface area contributed by atoms with Gasteiger partial charge in [0, 0.05) is 19.3 Å². The first-order valence-corrected chi connectivity index (χ1v) is 8.76. The number of aryl methyl sites for hydroxylation is 1. The van der Waals surface area contributed by atoms with E-state index in [1.54, 1.807) is 13.3 Å². The molecule has 25 heavy (non-hydrogen) atoms. The van der Waals surface area contributed by atoms with E-state index in [0.29, 0.717) is 17.0 Å². The molecular formula is C20H27N3O2. The van der Waals surface area contributed by atoms with Crippen LogP contribution in [-0.2, 0) is 0 Å². The zero-order valence-corrected chi connectivity index (χ0v) is 15.5. The van der Waals surface area contributed by atoms with Gasteiger partial charge in [0.25, 0.3) is 5.91 Å². The van der Waals surface area contributed by atoms with Gasteiger partial charge in [0.15, 0.2) is 0 Å². The number of carbonyl (C=O) groups is 1. The Labute approximate surface area is 150 Å². The quantitative estimate of drug-likeness (QED) is 0.779. The molecule has 0 spiro atoms. The van der Waals surface area contributed by atoms with Gasteiger partial charge in [0.1, 0.15) is 11.6 Å². The average Bonchev–Trinajstić information content (AvgIpc) is 2.62. The van der Waals surface area contributed by atoms with Crippen molar-refractivity contribution in [2.24, 2.45) is 0 Å². The molecule has 2 aromatic rings. The summed E-state index contributed by atoms with van der Waals surface area (Å²) < 4.78 is 5.30. The Morgan fingerprint density at radius 2 is 1.88 bits per heavy atom. The third-order valence-corrected chi connectivity index (χ3v) is 3.92. The van der Waals surface area contributed by atoms with Crippen LogP contribution in [0.3, 0.4) is 0 Å². The molecule has 1 N–H and O–H groups in total. The van der Waals surface area contributed by atoms with Gasteiger partial charge in [-0.2, -0.15) is 0 Å². The molecule has 5 heteroatoms. The number of aromatic nitrogens is 1. The van der Waals surface area contributed by atoms with Crippen molar-refractivity contribution in [1.82, 2.24) is 4.98 Å². The van der Waals surface area contributed by atoms with Gasteiger partial charge in [-0.3, -0.25) is 4.79 Å². The fourth-order valence-corrected chi connectivity index (χ4v) is 2.70. The van der Waals surface area contributed by atoms with E-state index in [9.17, 15) is 4.79 Å². The average molecular weight is 341 g/mol. The number of ether oxygens (including phenoxy) is 1. The number of amides is 1. The molecule has 0 fully saturated rings. The van der Waals surface area contributed by atoms with Crippen LogP contribution in [0.4, 0.5) is 11.5 Å². The summed E-state index contributed by atoms with van der Waals surface area (Å²) in [6, 6.07) is 9.41.